The lowest BCUT2D eigenvalue weighted by Gasteiger charge is -2.41. The van der Waals surface area contributed by atoms with Crippen molar-refractivity contribution in [3.05, 3.63) is 59.9 Å². The minimum atomic E-state index is -0.711. The van der Waals surface area contributed by atoms with Gasteiger partial charge in [-0.3, -0.25) is 19.5 Å². The number of ether oxygens (including phenoxy) is 2. The Morgan fingerprint density at radius 2 is 1.97 bits per heavy atom. The molecular weight excluding hydrogens is 382 g/mol. The largest absolute Gasteiger partial charge is 0.497 e. The smallest absolute Gasteiger partial charge is 0.257 e. The van der Waals surface area contributed by atoms with Gasteiger partial charge < -0.3 is 14.8 Å². The second-order valence-electron chi connectivity index (χ2n) is 7.81. The summed E-state index contributed by atoms with van der Waals surface area (Å²) >= 11 is 0. The Labute approximate surface area is 176 Å². The van der Waals surface area contributed by atoms with Crippen LogP contribution in [-0.4, -0.2) is 47.2 Å². The zero-order valence-corrected chi connectivity index (χ0v) is 17.2. The second kappa shape index (κ2) is 8.83. The highest BCUT2D eigenvalue weighted by atomic mass is 16.5. The van der Waals surface area contributed by atoms with Gasteiger partial charge in [0.15, 0.2) is 0 Å². The molecule has 2 aromatic rings. The normalized spacial score (nSPS) is 20.2. The Hall–Kier alpha value is -2.93. The van der Waals surface area contributed by atoms with Crippen molar-refractivity contribution in [2.24, 2.45) is 0 Å². The quantitative estimate of drug-likeness (QED) is 0.821. The van der Waals surface area contributed by atoms with E-state index in [4.69, 9.17) is 9.47 Å². The first kappa shape index (κ1) is 20.3. The van der Waals surface area contributed by atoms with Crippen molar-refractivity contribution in [3.8, 4) is 5.75 Å². The Morgan fingerprint density at radius 3 is 2.70 bits per heavy atom. The summed E-state index contributed by atoms with van der Waals surface area (Å²) in [5, 5.41) is 2.96. The van der Waals surface area contributed by atoms with E-state index < -0.39 is 11.8 Å². The fourth-order valence-corrected chi connectivity index (χ4v) is 4.37. The van der Waals surface area contributed by atoms with Gasteiger partial charge in [0.2, 0.25) is 5.91 Å². The third kappa shape index (κ3) is 4.03. The molecule has 1 aromatic heterocycles. The number of hydrogen-bond acceptors (Lipinski definition) is 5. The lowest BCUT2D eigenvalue weighted by molar-refractivity contribution is -0.127. The summed E-state index contributed by atoms with van der Waals surface area (Å²) in [6, 6.07) is 10.1. The molecule has 7 heteroatoms. The molecule has 0 radical (unpaired) electrons. The van der Waals surface area contributed by atoms with Gasteiger partial charge in [-0.25, -0.2) is 0 Å². The SMILES string of the molecule is COc1cccc(C(=O)N2[C@H](C(=O)NCc3ccncc3)COC23CCCCC3)c1. The van der Waals surface area contributed by atoms with Gasteiger partial charge in [-0.15, -0.1) is 0 Å². The molecule has 1 aliphatic heterocycles. The average molecular weight is 409 g/mol. The fourth-order valence-electron chi connectivity index (χ4n) is 4.37. The maximum Gasteiger partial charge on any atom is 0.257 e. The van der Waals surface area contributed by atoms with E-state index in [0.29, 0.717) is 17.9 Å². The van der Waals surface area contributed by atoms with Crippen molar-refractivity contribution in [1.29, 1.82) is 0 Å². The fraction of sp³-hybridized carbons (Fsp3) is 0.435. The van der Waals surface area contributed by atoms with Crippen molar-refractivity contribution >= 4 is 11.8 Å². The molecule has 1 saturated heterocycles. The van der Waals surface area contributed by atoms with Crippen LogP contribution in [0.1, 0.15) is 48.0 Å². The summed E-state index contributed by atoms with van der Waals surface area (Å²) in [5.74, 6) is 0.209. The minimum absolute atomic E-state index is 0.197. The van der Waals surface area contributed by atoms with Crippen molar-refractivity contribution in [2.75, 3.05) is 13.7 Å². The number of hydrogen-bond donors (Lipinski definition) is 1. The average Bonchev–Trinajstić information content (AvgIpc) is 3.16. The summed E-state index contributed by atoms with van der Waals surface area (Å²) < 4.78 is 11.5. The van der Waals surface area contributed by atoms with E-state index in [1.807, 2.05) is 12.1 Å². The zero-order chi connectivity index (χ0) is 21.0. The van der Waals surface area contributed by atoms with E-state index in [0.717, 1.165) is 37.7 Å². The topological polar surface area (TPSA) is 80.8 Å². The van der Waals surface area contributed by atoms with Crippen molar-refractivity contribution in [3.63, 3.8) is 0 Å². The molecule has 1 N–H and O–H groups in total. The van der Waals surface area contributed by atoms with Gasteiger partial charge in [-0.05, 0) is 61.6 Å². The Kier molecular flexibility index (Phi) is 5.99. The van der Waals surface area contributed by atoms with Crippen LogP contribution in [0.15, 0.2) is 48.8 Å². The molecule has 2 aliphatic rings. The predicted molar refractivity (Wildman–Crippen MR) is 111 cm³/mol. The van der Waals surface area contributed by atoms with Crippen LogP contribution in [-0.2, 0) is 16.1 Å². The number of methoxy groups -OCH3 is 1. The Morgan fingerprint density at radius 1 is 1.20 bits per heavy atom. The molecule has 4 rings (SSSR count). The molecule has 1 atom stereocenters. The summed E-state index contributed by atoms with van der Waals surface area (Å²) in [6.45, 7) is 0.587. The van der Waals surface area contributed by atoms with Crippen LogP contribution in [0, 0.1) is 0 Å². The van der Waals surface area contributed by atoms with Crippen molar-refractivity contribution < 1.29 is 19.1 Å². The van der Waals surface area contributed by atoms with Crippen LogP contribution in [0.25, 0.3) is 0 Å². The molecule has 2 heterocycles. The number of carbonyl (C=O) groups is 2. The van der Waals surface area contributed by atoms with Crippen LogP contribution >= 0.6 is 0 Å². The van der Waals surface area contributed by atoms with Gasteiger partial charge in [0.1, 0.15) is 17.5 Å². The predicted octanol–water partition coefficient (Wildman–Crippen LogP) is 2.91. The number of carbonyl (C=O) groups excluding carboxylic acids is 2. The second-order valence-corrected chi connectivity index (χ2v) is 7.81. The standard InChI is InChI=1S/C23H27N3O4/c1-29-19-7-5-6-18(14-19)22(28)26-20(16-30-23(26)10-3-2-4-11-23)21(27)25-15-17-8-12-24-13-9-17/h5-9,12-14,20H,2-4,10-11,15-16H2,1H3,(H,25,27)/t20-/m0/s1. The van der Waals surface area contributed by atoms with Crippen molar-refractivity contribution in [1.82, 2.24) is 15.2 Å². The highest BCUT2D eigenvalue weighted by Crippen LogP contribution is 2.41. The van der Waals surface area contributed by atoms with E-state index >= 15 is 0 Å². The number of aromatic nitrogens is 1. The zero-order valence-electron chi connectivity index (χ0n) is 17.2. The Bertz CT molecular complexity index is 896. The highest BCUT2D eigenvalue weighted by molar-refractivity contribution is 5.98. The maximum atomic E-state index is 13.6. The first-order chi connectivity index (χ1) is 14.6. The number of pyridine rings is 1. The van der Waals surface area contributed by atoms with Gasteiger partial charge in [0.25, 0.3) is 5.91 Å². The summed E-state index contributed by atoms with van der Waals surface area (Å²) in [7, 11) is 1.57. The maximum absolute atomic E-state index is 13.6. The van der Waals surface area contributed by atoms with Gasteiger partial charge in [-0.1, -0.05) is 12.5 Å². The van der Waals surface area contributed by atoms with E-state index in [1.54, 1.807) is 48.7 Å². The van der Waals surface area contributed by atoms with Crippen LogP contribution in [0.2, 0.25) is 0 Å². The molecule has 0 unspecified atom stereocenters. The molecule has 1 spiro atoms. The first-order valence-corrected chi connectivity index (χ1v) is 10.4. The monoisotopic (exact) mass is 409 g/mol. The number of benzene rings is 1. The van der Waals surface area contributed by atoms with Crippen LogP contribution in [0.3, 0.4) is 0 Å². The number of amides is 2. The molecule has 0 bridgehead atoms. The molecule has 30 heavy (non-hydrogen) atoms. The lowest BCUT2D eigenvalue weighted by Crippen LogP contribution is -2.56. The minimum Gasteiger partial charge on any atom is -0.497 e. The highest BCUT2D eigenvalue weighted by Gasteiger charge is 2.52. The third-order valence-electron chi connectivity index (χ3n) is 5.95. The molecule has 7 nitrogen and oxygen atoms in total. The lowest BCUT2D eigenvalue weighted by atomic mass is 9.89. The van der Waals surface area contributed by atoms with Gasteiger partial charge in [0, 0.05) is 24.5 Å². The van der Waals surface area contributed by atoms with Gasteiger partial charge in [-0.2, -0.15) is 0 Å². The molecule has 2 amide bonds. The molecule has 1 saturated carbocycles. The first-order valence-electron chi connectivity index (χ1n) is 10.4. The van der Waals surface area contributed by atoms with Gasteiger partial charge >= 0.3 is 0 Å². The number of nitrogens with zero attached hydrogens (tertiary/aromatic N) is 2. The van der Waals surface area contributed by atoms with Crippen LogP contribution in [0.4, 0.5) is 0 Å². The number of rotatable bonds is 5. The van der Waals surface area contributed by atoms with Crippen molar-refractivity contribution in [2.45, 2.75) is 50.4 Å². The molecule has 1 aromatic carbocycles. The van der Waals surface area contributed by atoms with E-state index in [2.05, 4.69) is 10.3 Å². The molecule has 2 fully saturated rings. The molecule has 1 aliphatic carbocycles. The summed E-state index contributed by atoms with van der Waals surface area (Å²) in [5.41, 5.74) is 0.740. The van der Waals surface area contributed by atoms with Crippen LogP contribution in [0.5, 0.6) is 5.75 Å². The Balaban J connectivity index is 1.58. The van der Waals surface area contributed by atoms with E-state index in [-0.39, 0.29) is 18.4 Å². The van der Waals surface area contributed by atoms with Gasteiger partial charge in [0.05, 0.1) is 13.7 Å². The van der Waals surface area contributed by atoms with Crippen LogP contribution < -0.4 is 10.1 Å². The van der Waals surface area contributed by atoms with E-state index in [9.17, 15) is 9.59 Å². The number of nitrogens with one attached hydrogen (secondary N) is 1. The third-order valence-corrected chi connectivity index (χ3v) is 5.95. The molecular formula is C23H27N3O4. The summed E-state index contributed by atoms with van der Waals surface area (Å²) in [6.07, 6.45) is 7.95. The summed E-state index contributed by atoms with van der Waals surface area (Å²) in [4.78, 5) is 32.3. The van der Waals surface area contributed by atoms with E-state index in [1.165, 1.54) is 0 Å². The molecule has 158 valence electrons.